The summed E-state index contributed by atoms with van der Waals surface area (Å²) < 4.78 is 12.7. The number of aromatic nitrogens is 1. The SMILES string of the molecule is [2H]C(C)(C)c1ccnc(-c2cccc3c2sc2[c]([Ge]([CH3])([CH3])[CH3])cccc23)c1. The minimum atomic E-state index is -1.96. The van der Waals surface area contributed by atoms with E-state index in [0.717, 1.165) is 11.3 Å². The number of fused-ring (bicyclic) bond motifs is 3. The molecule has 2 aromatic heterocycles. The fourth-order valence-corrected chi connectivity index (χ4v) is 9.62. The zero-order chi connectivity index (χ0) is 19.4. The van der Waals surface area contributed by atoms with Crippen LogP contribution in [0.1, 0.15) is 26.7 Å². The first-order valence-corrected chi connectivity index (χ1v) is 17.2. The van der Waals surface area contributed by atoms with E-state index in [4.69, 9.17) is 1.37 Å². The van der Waals surface area contributed by atoms with Gasteiger partial charge in [0.2, 0.25) is 0 Å². The first-order valence-electron chi connectivity index (χ1n) is 9.58. The molecule has 0 aliphatic carbocycles. The molecule has 0 unspecified atom stereocenters. The Morgan fingerprint density at radius 3 is 2.35 bits per heavy atom. The third-order valence-corrected chi connectivity index (χ3v) is 10.9. The van der Waals surface area contributed by atoms with E-state index >= 15 is 0 Å². The molecule has 0 saturated heterocycles. The summed E-state index contributed by atoms with van der Waals surface area (Å²) >= 11 is -0.0453. The molecule has 132 valence electrons. The molecule has 26 heavy (non-hydrogen) atoms. The van der Waals surface area contributed by atoms with Crippen LogP contribution in [0.15, 0.2) is 54.7 Å². The van der Waals surface area contributed by atoms with Crippen LogP contribution in [0.4, 0.5) is 0 Å². The molecule has 0 amide bonds. The van der Waals surface area contributed by atoms with Crippen molar-refractivity contribution in [2.45, 2.75) is 37.0 Å². The summed E-state index contributed by atoms with van der Waals surface area (Å²) in [6.45, 7) is 3.85. The van der Waals surface area contributed by atoms with Crippen molar-refractivity contribution in [3.05, 3.63) is 60.3 Å². The summed E-state index contributed by atoms with van der Waals surface area (Å²) in [4.78, 5) is 4.65. The predicted molar refractivity (Wildman–Crippen MR) is 120 cm³/mol. The molecule has 0 fully saturated rings. The zero-order valence-corrected chi connectivity index (χ0v) is 19.0. The Bertz CT molecular complexity index is 1150. The van der Waals surface area contributed by atoms with E-state index in [-0.39, 0.29) is 0 Å². The van der Waals surface area contributed by atoms with Gasteiger partial charge in [-0.2, -0.15) is 0 Å². The third kappa shape index (κ3) is 2.99. The molecule has 2 aromatic carbocycles. The van der Waals surface area contributed by atoms with Crippen LogP contribution in [0.3, 0.4) is 0 Å². The monoisotopic (exact) mass is 422 g/mol. The van der Waals surface area contributed by atoms with Gasteiger partial charge in [-0.15, -0.1) is 0 Å². The van der Waals surface area contributed by atoms with Crippen molar-refractivity contribution in [1.29, 1.82) is 0 Å². The molecule has 0 saturated carbocycles. The molecule has 2 heterocycles. The third-order valence-electron chi connectivity index (χ3n) is 4.95. The Hall–Kier alpha value is -1.65. The van der Waals surface area contributed by atoms with Gasteiger partial charge in [-0.3, -0.25) is 0 Å². The maximum atomic E-state index is 8.36. The van der Waals surface area contributed by atoms with Gasteiger partial charge in [0.1, 0.15) is 0 Å². The van der Waals surface area contributed by atoms with Crippen LogP contribution in [-0.4, -0.2) is 18.3 Å². The van der Waals surface area contributed by atoms with Crippen LogP contribution in [-0.2, 0) is 0 Å². The molecule has 0 aliphatic rings. The van der Waals surface area contributed by atoms with Gasteiger partial charge in [0.25, 0.3) is 0 Å². The predicted octanol–water partition coefficient (Wildman–Crippen LogP) is 6.79. The van der Waals surface area contributed by atoms with Gasteiger partial charge in [0.15, 0.2) is 0 Å². The number of hydrogen-bond acceptors (Lipinski definition) is 2. The molecule has 4 rings (SSSR count). The Morgan fingerprint density at radius 2 is 1.65 bits per heavy atom. The van der Waals surface area contributed by atoms with E-state index in [2.05, 4.69) is 64.7 Å². The number of pyridine rings is 1. The molecular weight excluding hydrogens is 395 g/mol. The standard InChI is InChI=1S/C23H25GeNS/c1-15(2)16-12-13-25-21(14-16)19-10-6-8-17-18-9-7-11-20(24(3,4)5)23(18)26-22(17)19/h6-15H,1-5H3/i15D. The Morgan fingerprint density at radius 1 is 0.962 bits per heavy atom. The van der Waals surface area contributed by atoms with Gasteiger partial charge in [-0.25, -0.2) is 0 Å². The second-order valence-corrected chi connectivity index (χ2v) is 19.7. The first-order chi connectivity index (χ1) is 12.7. The van der Waals surface area contributed by atoms with E-state index < -0.39 is 19.2 Å². The fraction of sp³-hybridized carbons (Fsp3) is 0.261. The molecule has 1 nitrogen and oxygen atoms in total. The molecule has 3 heteroatoms. The van der Waals surface area contributed by atoms with E-state index in [1.165, 1.54) is 25.7 Å². The van der Waals surface area contributed by atoms with Crippen LogP contribution < -0.4 is 4.40 Å². The van der Waals surface area contributed by atoms with Gasteiger partial charge in [0.05, 0.1) is 0 Å². The molecule has 0 aliphatic heterocycles. The van der Waals surface area contributed by atoms with Crippen LogP contribution >= 0.6 is 11.3 Å². The second-order valence-electron chi connectivity index (χ2n) is 8.15. The second kappa shape index (κ2) is 6.50. The number of hydrogen-bond donors (Lipinski definition) is 0. The van der Waals surface area contributed by atoms with Crippen molar-refractivity contribution in [3.8, 4) is 11.3 Å². The molecule has 4 aromatic rings. The van der Waals surface area contributed by atoms with Crippen molar-refractivity contribution in [3.63, 3.8) is 0 Å². The number of nitrogens with zero attached hydrogens (tertiary/aromatic N) is 1. The average molecular weight is 421 g/mol. The van der Waals surface area contributed by atoms with E-state index in [1.807, 2.05) is 37.4 Å². The maximum absolute atomic E-state index is 8.36. The summed E-state index contributed by atoms with van der Waals surface area (Å²) in [5.74, 6) is 6.75. The summed E-state index contributed by atoms with van der Waals surface area (Å²) in [5.41, 5.74) is 3.13. The molecule has 0 radical (unpaired) electrons. The minimum absolute atomic E-state index is 0.626. The summed E-state index contributed by atoms with van der Waals surface area (Å²) in [6, 6.07) is 17.4. The van der Waals surface area contributed by atoms with Gasteiger partial charge in [0, 0.05) is 0 Å². The topological polar surface area (TPSA) is 12.9 Å². The van der Waals surface area contributed by atoms with Crippen molar-refractivity contribution in [2.75, 3.05) is 0 Å². The van der Waals surface area contributed by atoms with Gasteiger partial charge in [-0.05, 0) is 0 Å². The zero-order valence-electron chi connectivity index (χ0n) is 17.1. The molecule has 0 spiro atoms. The van der Waals surface area contributed by atoms with Crippen molar-refractivity contribution in [2.24, 2.45) is 0 Å². The van der Waals surface area contributed by atoms with Gasteiger partial charge >= 0.3 is 164 Å². The fourth-order valence-electron chi connectivity index (χ4n) is 3.50. The molecule has 0 atom stereocenters. The normalized spacial score (nSPS) is 13.3. The number of benzene rings is 2. The van der Waals surface area contributed by atoms with Crippen molar-refractivity contribution in [1.82, 2.24) is 4.98 Å². The van der Waals surface area contributed by atoms with Crippen LogP contribution in [0, 0.1) is 0 Å². The van der Waals surface area contributed by atoms with Crippen LogP contribution in [0.25, 0.3) is 31.4 Å². The average Bonchev–Trinajstić information content (AvgIpc) is 2.99. The van der Waals surface area contributed by atoms with Crippen LogP contribution in [0.5, 0.6) is 0 Å². The summed E-state index contributed by atoms with van der Waals surface area (Å²) in [7, 11) is 0. The number of rotatable bonds is 3. The Balaban J connectivity index is 2.01. The molecular formula is C23H25GeNS. The van der Waals surface area contributed by atoms with Gasteiger partial charge < -0.3 is 0 Å². The van der Waals surface area contributed by atoms with Crippen molar-refractivity contribution >= 4 is 49.2 Å². The van der Waals surface area contributed by atoms with E-state index in [9.17, 15) is 0 Å². The summed E-state index contributed by atoms with van der Waals surface area (Å²) in [6.07, 6.45) is 1.84. The van der Waals surface area contributed by atoms with E-state index in [0.29, 0.717) is 0 Å². The quantitative estimate of drug-likeness (QED) is 0.332. The van der Waals surface area contributed by atoms with Crippen molar-refractivity contribution < 1.29 is 1.37 Å². The van der Waals surface area contributed by atoms with E-state index in [1.54, 1.807) is 4.40 Å². The Labute approximate surface area is 163 Å². The molecule has 0 N–H and O–H groups in total. The first kappa shape index (κ1) is 16.5. The Kier molecular flexibility index (Phi) is 4.13. The summed E-state index contributed by atoms with van der Waals surface area (Å²) in [5, 5.41) is 2.69. The number of thiophene rings is 1. The van der Waals surface area contributed by atoms with Gasteiger partial charge in [-0.1, -0.05) is 0 Å². The molecule has 0 bridgehead atoms. The van der Waals surface area contributed by atoms with Crippen LogP contribution in [0.2, 0.25) is 17.3 Å².